The smallest absolute Gasteiger partial charge is 0.217 e. The first kappa shape index (κ1) is 7.53. The summed E-state index contributed by atoms with van der Waals surface area (Å²) < 4.78 is 0. The molecular weight excluding hydrogens is 144 g/mol. The van der Waals surface area contributed by atoms with E-state index in [-0.39, 0.29) is 11.4 Å². The van der Waals surface area contributed by atoms with E-state index in [2.05, 4.69) is 16.8 Å². The number of aldehydes is 1. The van der Waals surface area contributed by atoms with Crippen molar-refractivity contribution in [1.29, 1.82) is 0 Å². The number of nitrogens with zero attached hydrogens (tertiary/aromatic N) is 1. The summed E-state index contributed by atoms with van der Waals surface area (Å²) in [5, 5.41) is 15.0. The molecule has 2 N–H and O–H groups in total. The monoisotopic (exact) mass is 152 g/mol. The number of allylic oxidation sites excluding steroid dienone is 1. The van der Waals surface area contributed by atoms with Crippen molar-refractivity contribution in [1.82, 2.24) is 10.2 Å². The Morgan fingerprint density at radius 3 is 3.00 bits per heavy atom. The molecule has 1 aromatic rings. The highest BCUT2D eigenvalue weighted by atomic mass is 16.3. The highest BCUT2D eigenvalue weighted by Gasteiger charge is 2.08. The molecule has 0 aliphatic rings. The third-order valence-corrected chi connectivity index (χ3v) is 1.32. The zero-order valence-corrected chi connectivity index (χ0v) is 5.87. The summed E-state index contributed by atoms with van der Waals surface area (Å²) in [7, 11) is 0. The predicted octanol–water partition coefficient (Wildman–Crippen LogP) is 0.656. The predicted molar refractivity (Wildman–Crippen MR) is 39.5 cm³/mol. The molecule has 0 fully saturated rings. The number of carbonyl (C=O) groups is 1. The molecule has 0 saturated carbocycles. The van der Waals surface area contributed by atoms with Gasteiger partial charge < -0.3 is 5.11 Å². The molecule has 0 aromatic carbocycles. The maximum atomic E-state index is 10.3. The summed E-state index contributed by atoms with van der Waals surface area (Å²) in [6, 6.07) is 0. The van der Waals surface area contributed by atoms with E-state index in [0.717, 1.165) is 0 Å². The van der Waals surface area contributed by atoms with Gasteiger partial charge in [-0.2, -0.15) is 5.10 Å². The topological polar surface area (TPSA) is 66.0 Å². The third-order valence-electron chi connectivity index (χ3n) is 1.32. The lowest BCUT2D eigenvalue weighted by Crippen LogP contribution is -1.87. The molecule has 0 bridgehead atoms. The molecule has 1 aromatic heterocycles. The summed E-state index contributed by atoms with van der Waals surface area (Å²) >= 11 is 0. The van der Waals surface area contributed by atoms with Crippen LogP contribution in [-0.4, -0.2) is 21.6 Å². The molecule has 58 valence electrons. The van der Waals surface area contributed by atoms with Gasteiger partial charge in [0, 0.05) is 6.42 Å². The molecule has 0 unspecified atom stereocenters. The van der Waals surface area contributed by atoms with Crippen LogP contribution in [0.3, 0.4) is 0 Å². The molecule has 0 saturated heterocycles. The molecule has 0 aliphatic carbocycles. The Bertz CT molecular complexity index is 278. The molecule has 0 radical (unpaired) electrons. The van der Waals surface area contributed by atoms with Gasteiger partial charge in [-0.15, -0.1) is 6.58 Å². The number of hydrogen-bond donors (Lipinski definition) is 2. The van der Waals surface area contributed by atoms with Crippen molar-refractivity contribution in [3.8, 4) is 5.88 Å². The highest BCUT2D eigenvalue weighted by Crippen LogP contribution is 2.14. The molecule has 4 heteroatoms. The summed E-state index contributed by atoms with van der Waals surface area (Å²) in [6.45, 7) is 3.49. The van der Waals surface area contributed by atoms with Crippen LogP contribution < -0.4 is 0 Å². The molecule has 0 amide bonds. The first-order valence-electron chi connectivity index (χ1n) is 3.12. The average Bonchev–Trinajstić information content (AvgIpc) is 2.33. The molecule has 1 rings (SSSR count). The molecular formula is C7H8N2O2. The standard InChI is InChI=1S/C7H8N2O2/c1-2-3-6-5(4-10)7(11)9-8-6/h2,4H,1,3H2,(H2,8,9,11). The number of rotatable bonds is 3. The average molecular weight is 152 g/mol. The fraction of sp³-hybridized carbons (Fsp3) is 0.143. The van der Waals surface area contributed by atoms with Crippen molar-refractivity contribution in [3.05, 3.63) is 23.9 Å². The van der Waals surface area contributed by atoms with Gasteiger partial charge in [0.2, 0.25) is 5.88 Å². The van der Waals surface area contributed by atoms with Crippen molar-refractivity contribution in [2.45, 2.75) is 6.42 Å². The van der Waals surface area contributed by atoms with Crippen LogP contribution in [0, 0.1) is 0 Å². The highest BCUT2D eigenvalue weighted by molar-refractivity contribution is 5.79. The lowest BCUT2D eigenvalue weighted by Gasteiger charge is -1.87. The van der Waals surface area contributed by atoms with Gasteiger partial charge in [-0.3, -0.25) is 4.79 Å². The van der Waals surface area contributed by atoms with Crippen molar-refractivity contribution < 1.29 is 9.90 Å². The molecule has 1 heterocycles. The van der Waals surface area contributed by atoms with Crippen molar-refractivity contribution in [2.24, 2.45) is 0 Å². The number of carbonyl (C=O) groups excluding carboxylic acids is 1. The first-order valence-corrected chi connectivity index (χ1v) is 3.12. The number of aromatic amines is 1. The number of hydrogen-bond acceptors (Lipinski definition) is 3. The Morgan fingerprint density at radius 1 is 1.73 bits per heavy atom. The Morgan fingerprint density at radius 2 is 2.45 bits per heavy atom. The van der Waals surface area contributed by atoms with Crippen LogP contribution in [0.1, 0.15) is 16.1 Å². The van der Waals surface area contributed by atoms with Gasteiger partial charge in [-0.1, -0.05) is 6.08 Å². The van der Waals surface area contributed by atoms with Gasteiger partial charge in [0.15, 0.2) is 6.29 Å². The molecule has 11 heavy (non-hydrogen) atoms. The van der Waals surface area contributed by atoms with Gasteiger partial charge in [0.05, 0.1) is 11.3 Å². The Kier molecular flexibility index (Phi) is 2.06. The summed E-state index contributed by atoms with van der Waals surface area (Å²) in [4.78, 5) is 10.3. The summed E-state index contributed by atoms with van der Waals surface area (Å²) in [5.41, 5.74) is 0.734. The van der Waals surface area contributed by atoms with Gasteiger partial charge in [-0.25, -0.2) is 5.10 Å². The van der Waals surface area contributed by atoms with Crippen LogP contribution in [-0.2, 0) is 6.42 Å². The largest absolute Gasteiger partial charge is 0.493 e. The van der Waals surface area contributed by atoms with Crippen LogP contribution >= 0.6 is 0 Å². The minimum Gasteiger partial charge on any atom is -0.493 e. The number of aromatic hydroxyl groups is 1. The van der Waals surface area contributed by atoms with E-state index in [4.69, 9.17) is 5.11 Å². The molecule has 0 atom stereocenters. The van der Waals surface area contributed by atoms with Gasteiger partial charge >= 0.3 is 0 Å². The van der Waals surface area contributed by atoms with Crippen LogP contribution in [0.5, 0.6) is 5.88 Å². The first-order chi connectivity index (χ1) is 5.29. The quantitative estimate of drug-likeness (QED) is 0.493. The van der Waals surface area contributed by atoms with Crippen molar-refractivity contribution in [3.63, 3.8) is 0 Å². The van der Waals surface area contributed by atoms with E-state index in [1.165, 1.54) is 0 Å². The molecule has 0 aliphatic heterocycles. The SMILES string of the molecule is C=CCc1n[nH]c(O)c1C=O. The Labute approximate surface area is 63.6 Å². The zero-order valence-electron chi connectivity index (χ0n) is 5.87. The van der Waals surface area contributed by atoms with Crippen LogP contribution in [0.15, 0.2) is 12.7 Å². The lowest BCUT2D eigenvalue weighted by atomic mass is 10.2. The number of nitrogens with one attached hydrogen (secondary N) is 1. The number of aromatic nitrogens is 2. The van der Waals surface area contributed by atoms with E-state index in [1.54, 1.807) is 6.08 Å². The second-order valence-corrected chi connectivity index (χ2v) is 2.04. The summed E-state index contributed by atoms with van der Waals surface area (Å²) in [6.07, 6.45) is 2.66. The minimum atomic E-state index is -0.183. The van der Waals surface area contributed by atoms with Gasteiger partial charge in [0.25, 0.3) is 0 Å². The zero-order chi connectivity index (χ0) is 8.27. The van der Waals surface area contributed by atoms with E-state index in [9.17, 15) is 4.79 Å². The maximum absolute atomic E-state index is 10.3. The van der Waals surface area contributed by atoms with E-state index in [1.807, 2.05) is 0 Å². The summed E-state index contributed by atoms with van der Waals surface area (Å²) in [5.74, 6) is -0.183. The fourth-order valence-electron chi connectivity index (χ4n) is 0.794. The Hall–Kier alpha value is -1.58. The van der Waals surface area contributed by atoms with Crippen LogP contribution in [0.2, 0.25) is 0 Å². The molecule has 0 spiro atoms. The maximum Gasteiger partial charge on any atom is 0.217 e. The normalized spacial score (nSPS) is 9.45. The fourth-order valence-corrected chi connectivity index (χ4v) is 0.794. The van der Waals surface area contributed by atoms with Crippen LogP contribution in [0.4, 0.5) is 0 Å². The second-order valence-electron chi connectivity index (χ2n) is 2.04. The number of H-pyrrole nitrogens is 1. The van der Waals surface area contributed by atoms with Gasteiger partial charge in [0.1, 0.15) is 0 Å². The third kappa shape index (κ3) is 1.29. The second kappa shape index (κ2) is 3.01. The van der Waals surface area contributed by atoms with E-state index >= 15 is 0 Å². The minimum absolute atomic E-state index is 0.183. The Balaban J connectivity index is 3.04. The lowest BCUT2D eigenvalue weighted by molar-refractivity contribution is 0.112. The van der Waals surface area contributed by atoms with Crippen molar-refractivity contribution >= 4 is 6.29 Å². The van der Waals surface area contributed by atoms with Crippen molar-refractivity contribution in [2.75, 3.05) is 0 Å². The van der Waals surface area contributed by atoms with Gasteiger partial charge in [-0.05, 0) is 0 Å². The van der Waals surface area contributed by atoms with E-state index < -0.39 is 0 Å². The van der Waals surface area contributed by atoms with E-state index in [0.29, 0.717) is 18.4 Å². The molecule has 4 nitrogen and oxygen atoms in total. The van der Waals surface area contributed by atoms with Crippen LogP contribution in [0.25, 0.3) is 0 Å².